The van der Waals surface area contributed by atoms with Gasteiger partial charge >= 0.3 is 0 Å². The molecule has 1 aromatic heterocycles. The van der Waals surface area contributed by atoms with Crippen LogP contribution in [0.1, 0.15) is 46.0 Å². The Morgan fingerprint density at radius 3 is 2.80 bits per heavy atom. The van der Waals surface area contributed by atoms with Gasteiger partial charge in [0.15, 0.2) is 0 Å². The fourth-order valence-corrected chi connectivity index (χ4v) is 2.42. The zero-order chi connectivity index (χ0) is 14.4. The topological polar surface area (TPSA) is 48.1 Å². The summed E-state index contributed by atoms with van der Waals surface area (Å²) >= 11 is 0. The molecule has 0 aliphatic rings. The molecule has 0 amide bonds. The Labute approximate surface area is 121 Å². The Bertz CT molecular complexity index is 554. The summed E-state index contributed by atoms with van der Waals surface area (Å²) < 4.78 is 6.07. The number of hydrogen-bond donors (Lipinski definition) is 1. The van der Waals surface area contributed by atoms with Crippen molar-refractivity contribution in [1.29, 1.82) is 0 Å². The van der Waals surface area contributed by atoms with Gasteiger partial charge in [-0.3, -0.25) is 4.98 Å². The summed E-state index contributed by atoms with van der Waals surface area (Å²) in [5.41, 5.74) is 6.75. The number of aromatic nitrogens is 1. The van der Waals surface area contributed by atoms with Gasteiger partial charge in [0.05, 0.1) is 6.10 Å². The van der Waals surface area contributed by atoms with E-state index in [1.807, 2.05) is 24.4 Å². The van der Waals surface area contributed by atoms with Crippen LogP contribution in [-0.2, 0) is 0 Å². The van der Waals surface area contributed by atoms with E-state index in [4.69, 9.17) is 10.5 Å². The molecule has 0 radical (unpaired) electrons. The maximum atomic E-state index is 6.07. The predicted octanol–water partition coefficient (Wildman–Crippen LogP) is 4.55. The lowest BCUT2D eigenvalue weighted by atomic mass is 10.1. The third-order valence-corrected chi connectivity index (χ3v) is 3.60. The number of nitrogens with zero attached hydrogens (tertiary/aromatic N) is 1. The minimum Gasteiger partial charge on any atom is -0.490 e. The molecule has 0 saturated carbocycles. The molecule has 0 fully saturated rings. The van der Waals surface area contributed by atoms with E-state index in [0.717, 1.165) is 28.6 Å². The van der Waals surface area contributed by atoms with Crippen LogP contribution >= 0.6 is 0 Å². The molecule has 20 heavy (non-hydrogen) atoms. The van der Waals surface area contributed by atoms with E-state index >= 15 is 0 Å². The van der Waals surface area contributed by atoms with Crippen LogP contribution in [0.25, 0.3) is 10.8 Å². The van der Waals surface area contributed by atoms with Crippen molar-refractivity contribution in [2.75, 3.05) is 5.73 Å². The first kappa shape index (κ1) is 14.6. The number of pyridine rings is 1. The number of unbranched alkanes of at least 4 members (excludes halogenated alkanes) is 3. The number of hydrogen-bond acceptors (Lipinski definition) is 3. The molecule has 0 aliphatic heterocycles. The van der Waals surface area contributed by atoms with Crippen molar-refractivity contribution in [3.05, 3.63) is 30.6 Å². The lowest BCUT2D eigenvalue weighted by Gasteiger charge is -2.16. The Balaban J connectivity index is 2.04. The SMILES string of the molecule is CCCCCCC(C)Oc1ccc(N)c2ccncc12. The lowest BCUT2D eigenvalue weighted by Crippen LogP contribution is -2.12. The zero-order valence-corrected chi connectivity index (χ0v) is 12.4. The highest BCUT2D eigenvalue weighted by molar-refractivity contribution is 5.96. The summed E-state index contributed by atoms with van der Waals surface area (Å²) in [7, 11) is 0. The molecule has 2 aromatic rings. The average Bonchev–Trinajstić information content (AvgIpc) is 2.47. The normalized spacial score (nSPS) is 12.5. The molecule has 1 unspecified atom stereocenters. The maximum Gasteiger partial charge on any atom is 0.129 e. The Morgan fingerprint density at radius 1 is 1.15 bits per heavy atom. The van der Waals surface area contributed by atoms with E-state index in [1.54, 1.807) is 6.20 Å². The molecule has 2 rings (SSSR count). The Morgan fingerprint density at radius 2 is 2.00 bits per heavy atom. The molecule has 0 spiro atoms. The molecule has 0 saturated heterocycles. The number of rotatable bonds is 7. The van der Waals surface area contributed by atoms with Crippen molar-refractivity contribution in [2.45, 2.75) is 52.1 Å². The lowest BCUT2D eigenvalue weighted by molar-refractivity contribution is 0.209. The monoisotopic (exact) mass is 272 g/mol. The molecule has 3 heteroatoms. The van der Waals surface area contributed by atoms with E-state index in [-0.39, 0.29) is 6.10 Å². The van der Waals surface area contributed by atoms with Crippen LogP contribution < -0.4 is 10.5 Å². The van der Waals surface area contributed by atoms with E-state index < -0.39 is 0 Å². The van der Waals surface area contributed by atoms with E-state index in [1.165, 1.54) is 25.7 Å². The predicted molar refractivity (Wildman–Crippen MR) is 85.0 cm³/mol. The molecule has 0 bridgehead atoms. The van der Waals surface area contributed by atoms with Crippen molar-refractivity contribution >= 4 is 16.5 Å². The van der Waals surface area contributed by atoms with Crippen LogP contribution in [0.4, 0.5) is 5.69 Å². The second-order valence-electron chi connectivity index (χ2n) is 5.35. The van der Waals surface area contributed by atoms with Gasteiger partial charge in [0.25, 0.3) is 0 Å². The van der Waals surface area contributed by atoms with Gasteiger partial charge in [-0.2, -0.15) is 0 Å². The summed E-state index contributed by atoms with van der Waals surface area (Å²) in [6.45, 7) is 4.36. The van der Waals surface area contributed by atoms with Crippen molar-refractivity contribution < 1.29 is 4.74 Å². The number of nitrogens with two attached hydrogens (primary N) is 1. The maximum absolute atomic E-state index is 6.07. The van der Waals surface area contributed by atoms with Crippen LogP contribution in [-0.4, -0.2) is 11.1 Å². The Kier molecular flexibility index (Phi) is 5.22. The van der Waals surface area contributed by atoms with Crippen LogP contribution in [0.5, 0.6) is 5.75 Å². The number of fused-ring (bicyclic) bond motifs is 1. The molecule has 0 aliphatic carbocycles. The second kappa shape index (κ2) is 7.13. The van der Waals surface area contributed by atoms with E-state index in [0.29, 0.717) is 0 Å². The molecule has 1 aromatic carbocycles. The molecule has 108 valence electrons. The van der Waals surface area contributed by atoms with Crippen LogP contribution in [0.15, 0.2) is 30.6 Å². The molecule has 3 nitrogen and oxygen atoms in total. The summed E-state index contributed by atoms with van der Waals surface area (Å²) in [6, 6.07) is 5.78. The highest BCUT2D eigenvalue weighted by Crippen LogP contribution is 2.30. The van der Waals surface area contributed by atoms with Gasteiger partial charge in [-0.15, -0.1) is 0 Å². The van der Waals surface area contributed by atoms with Gasteiger partial charge in [0, 0.05) is 28.9 Å². The summed E-state index contributed by atoms with van der Waals surface area (Å²) in [5, 5.41) is 2.00. The summed E-state index contributed by atoms with van der Waals surface area (Å²) in [6.07, 6.45) is 9.98. The fourth-order valence-electron chi connectivity index (χ4n) is 2.42. The first-order chi connectivity index (χ1) is 9.72. The third-order valence-electron chi connectivity index (χ3n) is 3.60. The number of anilines is 1. The van der Waals surface area contributed by atoms with Crippen molar-refractivity contribution in [2.24, 2.45) is 0 Å². The van der Waals surface area contributed by atoms with E-state index in [9.17, 15) is 0 Å². The molecule has 1 heterocycles. The van der Waals surface area contributed by atoms with E-state index in [2.05, 4.69) is 18.8 Å². The second-order valence-corrected chi connectivity index (χ2v) is 5.35. The molecule has 2 N–H and O–H groups in total. The quantitative estimate of drug-likeness (QED) is 0.594. The van der Waals surface area contributed by atoms with Gasteiger partial charge < -0.3 is 10.5 Å². The average molecular weight is 272 g/mol. The minimum atomic E-state index is 0.221. The van der Waals surface area contributed by atoms with Crippen LogP contribution in [0.2, 0.25) is 0 Å². The third kappa shape index (κ3) is 3.62. The highest BCUT2D eigenvalue weighted by atomic mass is 16.5. The number of benzene rings is 1. The fraction of sp³-hybridized carbons (Fsp3) is 0.471. The summed E-state index contributed by atoms with van der Waals surface area (Å²) in [4.78, 5) is 4.17. The van der Waals surface area contributed by atoms with Gasteiger partial charge in [-0.25, -0.2) is 0 Å². The molecular weight excluding hydrogens is 248 g/mol. The first-order valence-corrected chi connectivity index (χ1v) is 7.51. The Hall–Kier alpha value is -1.77. The van der Waals surface area contributed by atoms with Crippen molar-refractivity contribution in [3.8, 4) is 5.75 Å². The van der Waals surface area contributed by atoms with Gasteiger partial charge in [0.1, 0.15) is 5.75 Å². The van der Waals surface area contributed by atoms with Gasteiger partial charge in [0.2, 0.25) is 0 Å². The van der Waals surface area contributed by atoms with Gasteiger partial charge in [-0.05, 0) is 38.0 Å². The van der Waals surface area contributed by atoms with Crippen LogP contribution in [0.3, 0.4) is 0 Å². The molecule has 1 atom stereocenters. The molecular formula is C17H24N2O. The summed E-state index contributed by atoms with van der Waals surface area (Å²) in [5.74, 6) is 0.880. The highest BCUT2D eigenvalue weighted by Gasteiger charge is 2.09. The van der Waals surface area contributed by atoms with Crippen LogP contribution in [0, 0.1) is 0 Å². The zero-order valence-electron chi connectivity index (χ0n) is 12.4. The van der Waals surface area contributed by atoms with Gasteiger partial charge in [-0.1, -0.05) is 26.2 Å². The standard InChI is InChI=1S/C17H24N2O/c1-3-4-5-6-7-13(2)20-17-9-8-16(18)14-10-11-19-12-15(14)17/h8-13H,3-7,18H2,1-2H3. The first-order valence-electron chi connectivity index (χ1n) is 7.51. The largest absolute Gasteiger partial charge is 0.490 e. The van der Waals surface area contributed by atoms with Crippen molar-refractivity contribution in [1.82, 2.24) is 4.98 Å². The smallest absolute Gasteiger partial charge is 0.129 e. The number of nitrogen functional groups attached to an aromatic ring is 1. The minimum absolute atomic E-state index is 0.221. The number of ether oxygens (including phenoxy) is 1. The van der Waals surface area contributed by atoms with Crippen molar-refractivity contribution in [3.63, 3.8) is 0 Å².